The molecule has 0 atom stereocenters. The van der Waals surface area contributed by atoms with E-state index in [1.165, 1.54) is 20.1 Å². The Labute approximate surface area is 143 Å². The van der Waals surface area contributed by atoms with Gasteiger partial charge in [-0.3, -0.25) is 9.59 Å². The highest BCUT2D eigenvalue weighted by Crippen LogP contribution is 2.37. The van der Waals surface area contributed by atoms with Crippen LogP contribution in [-0.4, -0.2) is 31.9 Å². The highest BCUT2D eigenvalue weighted by molar-refractivity contribution is 6.29. The Morgan fingerprint density at radius 2 is 1.92 bits per heavy atom. The van der Waals surface area contributed by atoms with Crippen molar-refractivity contribution >= 4 is 23.9 Å². The van der Waals surface area contributed by atoms with Crippen LogP contribution in [0.1, 0.15) is 5.56 Å². The molecule has 0 heterocycles. The molecule has 0 saturated carbocycles. The Kier molecular flexibility index (Phi) is 5.84. The minimum Gasteiger partial charge on any atom is -0.480 e. The van der Waals surface area contributed by atoms with Crippen LogP contribution in [0.3, 0.4) is 0 Å². The standard InChI is InChI=1S/C18H16FNO5/c1-11-17(19)13(12-6-4-3-5-7-12)8-14(25-10-16(23)24-2)18(11)20-15(22)9-21/h3-9H,10H2,1-2H3,(H,20,22). The molecule has 2 aromatic rings. The summed E-state index contributed by atoms with van der Waals surface area (Å²) in [6, 6.07) is 10.1. The van der Waals surface area contributed by atoms with Gasteiger partial charge < -0.3 is 14.8 Å². The van der Waals surface area contributed by atoms with Crippen LogP contribution in [0.15, 0.2) is 36.4 Å². The van der Waals surface area contributed by atoms with Gasteiger partial charge in [-0.05, 0) is 18.6 Å². The fourth-order valence-corrected chi connectivity index (χ4v) is 2.21. The van der Waals surface area contributed by atoms with Crippen molar-refractivity contribution in [1.29, 1.82) is 0 Å². The molecule has 0 aliphatic rings. The maximum Gasteiger partial charge on any atom is 0.343 e. The molecule has 0 radical (unpaired) electrons. The Hall–Kier alpha value is -3.22. The molecule has 25 heavy (non-hydrogen) atoms. The number of esters is 1. The third-order valence-electron chi connectivity index (χ3n) is 3.48. The number of hydrogen-bond acceptors (Lipinski definition) is 5. The number of carbonyl (C=O) groups is 3. The van der Waals surface area contributed by atoms with E-state index in [1.807, 2.05) is 0 Å². The van der Waals surface area contributed by atoms with Gasteiger partial charge in [0.25, 0.3) is 5.91 Å². The number of ether oxygens (including phenoxy) is 2. The van der Waals surface area contributed by atoms with Crippen LogP contribution >= 0.6 is 0 Å². The van der Waals surface area contributed by atoms with Crippen LogP contribution in [0.5, 0.6) is 5.75 Å². The van der Waals surface area contributed by atoms with Gasteiger partial charge in [-0.25, -0.2) is 9.18 Å². The number of methoxy groups -OCH3 is 1. The van der Waals surface area contributed by atoms with Gasteiger partial charge in [0.05, 0.1) is 12.8 Å². The lowest BCUT2D eigenvalue weighted by molar-refractivity contribution is -0.142. The maximum atomic E-state index is 14.8. The van der Waals surface area contributed by atoms with Crippen molar-refractivity contribution in [3.63, 3.8) is 0 Å². The van der Waals surface area contributed by atoms with Crippen molar-refractivity contribution in [2.45, 2.75) is 6.92 Å². The maximum absolute atomic E-state index is 14.8. The number of rotatable bonds is 6. The molecule has 0 bridgehead atoms. The molecule has 0 fully saturated rings. The van der Waals surface area contributed by atoms with E-state index in [0.29, 0.717) is 5.56 Å². The average molecular weight is 345 g/mol. The van der Waals surface area contributed by atoms with Gasteiger partial charge in [-0.1, -0.05) is 30.3 Å². The number of nitrogens with one attached hydrogen (secondary N) is 1. The lowest BCUT2D eigenvalue weighted by Crippen LogP contribution is -2.17. The summed E-state index contributed by atoms with van der Waals surface area (Å²) in [5.41, 5.74) is 0.899. The molecule has 0 aromatic heterocycles. The van der Waals surface area contributed by atoms with E-state index in [4.69, 9.17) is 4.74 Å². The zero-order chi connectivity index (χ0) is 18.4. The molecule has 0 aliphatic carbocycles. The Bertz CT molecular complexity index is 805. The zero-order valence-electron chi connectivity index (χ0n) is 13.7. The smallest absolute Gasteiger partial charge is 0.343 e. The Morgan fingerprint density at radius 1 is 1.24 bits per heavy atom. The topological polar surface area (TPSA) is 81.7 Å². The quantitative estimate of drug-likeness (QED) is 0.494. The third-order valence-corrected chi connectivity index (χ3v) is 3.48. The molecule has 0 spiro atoms. The summed E-state index contributed by atoms with van der Waals surface area (Å²) in [5, 5.41) is 2.27. The minimum absolute atomic E-state index is 0.0156. The van der Waals surface area contributed by atoms with Crippen molar-refractivity contribution in [3.8, 4) is 16.9 Å². The summed E-state index contributed by atoms with van der Waals surface area (Å²) in [5.74, 6) is -2.12. The number of hydrogen-bond donors (Lipinski definition) is 1. The van der Waals surface area contributed by atoms with E-state index in [-0.39, 0.29) is 28.8 Å². The molecule has 1 amide bonds. The minimum atomic E-state index is -0.960. The fourth-order valence-electron chi connectivity index (χ4n) is 2.21. The van der Waals surface area contributed by atoms with Gasteiger partial charge in [0.15, 0.2) is 6.61 Å². The van der Waals surface area contributed by atoms with Gasteiger partial charge in [0.2, 0.25) is 6.29 Å². The molecule has 130 valence electrons. The van der Waals surface area contributed by atoms with Crippen molar-refractivity contribution < 1.29 is 28.2 Å². The lowest BCUT2D eigenvalue weighted by atomic mass is 10.0. The van der Waals surface area contributed by atoms with E-state index in [1.54, 1.807) is 30.3 Å². The predicted molar refractivity (Wildman–Crippen MR) is 88.8 cm³/mol. The van der Waals surface area contributed by atoms with Crippen molar-refractivity contribution in [2.75, 3.05) is 19.0 Å². The van der Waals surface area contributed by atoms with Crippen LogP contribution in [-0.2, 0) is 19.1 Å². The van der Waals surface area contributed by atoms with Gasteiger partial charge in [-0.2, -0.15) is 0 Å². The van der Waals surface area contributed by atoms with Crippen molar-refractivity contribution in [2.24, 2.45) is 0 Å². The fraction of sp³-hybridized carbons (Fsp3) is 0.167. The van der Waals surface area contributed by atoms with E-state index in [0.717, 1.165) is 0 Å². The van der Waals surface area contributed by atoms with Crippen molar-refractivity contribution in [1.82, 2.24) is 0 Å². The zero-order valence-corrected chi connectivity index (χ0v) is 13.7. The molecule has 2 aromatic carbocycles. The van der Waals surface area contributed by atoms with Crippen LogP contribution in [0.2, 0.25) is 0 Å². The molecular formula is C18H16FNO5. The second-order valence-corrected chi connectivity index (χ2v) is 5.07. The molecule has 1 N–H and O–H groups in total. The van der Waals surface area contributed by atoms with Gasteiger partial charge in [0, 0.05) is 11.1 Å². The number of anilines is 1. The highest BCUT2D eigenvalue weighted by Gasteiger charge is 2.20. The third kappa shape index (κ3) is 4.20. The summed E-state index contributed by atoms with van der Waals surface area (Å²) < 4.78 is 24.6. The van der Waals surface area contributed by atoms with E-state index in [9.17, 15) is 18.8 Å². The first-order valence-corrected chi connectivity index (χ1v) is 7.32. The van der Waals surface area contributed by atoms with E-state index >= 15 is 0 Å². The summed E-state index contributed by atoms with van der Waals surface area (Å²) in [7, 11) is 1.20. The average Bonchev–Trinajstić information content (AvgIpc) is 2.64. The summed E-state index contributed by atoms with van der Waals surface area (Å²) in [6.07, 6.45) is 0.0620. The first kappa shape index (κ1) is 18.1. The first-order valence-electron chi connectivity index (χ1n) is 7.32. The summed E-state index contributed by atoms with van der Waals surface area (Å²) >= 11 is 0. The highest BCUT2D eigenvalue weighted by atomic mass is 19.1. The molecule has 6 nitrogen and oxygen atoms in total. The lowest BCUT2D eigenvalue weighted by Gasteiger charge is -2.17. The number of halogens is 1. The van der Waals surface area contributed by atoms with Gasteiger partial charge >= 0.3 is 5.97 Å². The molecule has 7 heteroatoms. The first-order chi connectivity index (χ1) is 12.0. The van der Waals surface area contributed by atoms with Gasteiger partial charge in [0.1, 0.15) is 11.6 Å². The number of amides is 1. The molecular weight excluding hydrogens is 329 g/mol. The molecule has 2 rings (SSSR count). The monoisotopic (exact) mass is 345 g/mol. The van der Waals surface area contributed by atoms with Crippen LogP contribution in [0.4, 0.5) is 10.1 Å². The Balaban J connectivity index is 2.54. The largest absolute Gasteiger partial charge is 0.480 e. The Morgan fingerprint density at radius 3 is 2.52 bits per heavy atom. The summed E-state index contributed by atoms with van der Waals surface area (Å²) in [4.78, 5) is 33.3. The normalized spacial score (nSPS) is 10.0. The second kappa shape index (κ2) is 8.05. The van der Waals surface area contributed by atoms with Gasteiger partial charge in [-0.15, -0.1) is 0 Å². The van der Waals surface area contributed by atoms with Crippen LogP contribution < -0.4 is 10.1 Å². The van der Waals surface area contributed by atoms with Crippen LogP contribution in [0, 0.1) is 12.7 Å². The number of carbonyl (C=O) groups excluding carboxylic acids is 3. The van der Waals surface area contributed by atoms with E-state index in [2.05, 4.69) is 10.1 Å². The number of aldehydes is 1. The van der Waals surface area contributed by atoms with Crippen LogP contribution in [0.25, 0.3) is 11.1 Å². The molecule has 0 saturated heterocycles. The summed E-state index contributed by atoms with van der Waals surface area (Å²) in [6.45, 7) is 1.01. The second-order valence-electron chi connectivity index (χ2n) is 5.07. The SMILES string of the molecule is COC(=O)COc1cc(-c2ccccc2)c(F)c(C)c1NC(=O)C=O. The van der Waals surface area contributed by atoms with Crippen molar-refractivity contribution in [3.05, 3.63) is 47.8 Å². The predicted octanol–water partition coefficient (Wildman–Crippen LogP) is 2.49. The number of benzene rings is 2. The van der Waals surface area contributed by atoms with E-state index < -0.39 is 24.3 Å². The molecule has 0 aliphatic heterocycles. The molecule has 0 unspecified atom stereocenters.